The molecule has 0 aliphatic carbocycles. The van der Waals surface area contributed by atoms with Crippen molar-refractivity contribution in [2.24, 2.45) is 0 Å². The summed E-state index contributed by atoms with van der Waals surface area (Å²) in [5.74, 6) is 0.488. The maximum Gasteiger partial charge on any atom is 0.145 e. The molecule has 0 spiro atoms. The van der Waals surface area contributed by atoms with Gasteiger partial charge in [0.1, 0.15) is 11.6 Å². The minimum absolute atomic E-state index is 0.213. The summed E-state index contributed by atoms with van der Waals surface area (Å²) in [5, 5.41) is 3.40. The number of halogens is 1. The minimum Gasteiger partial charge on any atom is -0.491 e. The number of nitrogens with one attached hydrogen (secondary N) is 1. The van der Waals surface area contributed by atoms with Gasteiger partial charge in [-0.3, -0.25) is 0 Å². The largest absolute Gasteiger partial charge is 0.491 e. The number of ether oxygens (including phenoxy) is 1. The third-order valence-electron chi connectivity index (χ3n) is 3.58. The average molecular weight is 236 g/mol. The van der Waals surface area contributed by atoms with E-state index in [1.807, 2.05) is 6.92 Å². The normalized spacial score (nSPS) is 23.4. The van der Waals surface area contributed by atoms with Gasteiger partial charge in [-0.25, -0.2) is 4.39 Å². The molecule has 2 aliphatic heterocycles. The fourth-order valence-electron chi connectivity index (χ4n) is 2.80. The van der Waals surface area contributed by atoms with Gasteiger partial charge in [-0.15, -0.1) is 0 Å². The number of benzene rings is 1. The lowest BCUT2D eigenvalue weighted by Crippen LogP contribution is -2.51. The van der Waals surface area contributed by atoms with Gasteiger partial charge in [0.05, 0.1) is 12.3 Å². The summed E-state index contributed by atoms with van der Waals surface area (Å²) >= 11 is 0. The van der Waals surface area contributed by atoms with Crippen LogP contribution in [-0.2, 0) is 0 Å². The fourth-order valence-corrected chi connectivity index (χ4v) is 2.80. The van der Waals surface area contributed by atoms with E-state index in [-0.39, 0.29) is 5.82 Å². The Morgan fingerprint density at radius 2 is 2.35 bits per heavy atom. The molecule has 2 aliphatic rings. The van der Waals surface area contributed by atoms with E-state index >= 15 is 0 Å². The molecule has 3 rings (SSSR count). The molecule has 3 nitrogen and oxygen atoms in total. The van der Waals surface area contributed by atoms with E-state index in [1.54, 1.807) is 6.07 Å². The highest BCUT2D eigenvalue weighted by Gasteiger charge is 2.29. The first kappa shape index (κ1) is 10.8. The fraction of sp³-hybridized carbons (Fsp3) is 0.538. The van der Waals surface area contributed by atoms with E-state index in [0.717, 1.165) is 37.3 Å². The zero-order valence-electron chi connectivity index (χ0n) is 10.0. The zero-order chi connectivity index (χ0) is 11.8. The number of anilines is 1. The first-order valence-electron chi connectivity index (χ1n) is 6.16. The van der Waals surface area contributed by atoms with E-state index in [0.29, 0.717) is 18.4 Å². The lowest BCUT2D eigenvalue weighted by atomic mass is 10.1. The van der Waals surface area contributed by atoms with Crippen molar-refractivity contribution >= 4 is 5.69 Å². The molecule has 0 amide bonds. The molecular weight excluding hydrogens is 219 g/mol. The molecule has 2 heterocycles. The van der Waals surface area contributed by atoms with Crippen LogP contribution in [0, 0.1) is 12.7 Å². The van der Waals surface area contributed by atoms with E-state index in [2.05, 4.69) is 10.2 Å². The SMILES string of the molecule is Cc1cc(F)cc2c1N1CCNC[C@@H]1CCO2. The maximum absolute atomic E-state index is 13.4. The van der Waals surface area contributed by atoms with E-state index in [1.165, 1.54) is 6.07 Å². The van der Waals surface area contributed by atoms with Crippen molar-refractivity contribution in [1.29, 1.82) is 0 Å². The molecule has 92 valence electrons. The number of rotatable bonds is 0. The Balaban J connectivity index is 2.08. The van der Waals surface area contributed by atoms with Gasteiger partial charge in [-0.1, -0.05) is 0 Å². The van der Waals surface area contributed by atoms with Crippen molar-refractivity contribution in [3.8, 4) is 5.75 Å². The second kappa shape index (κ2) is 4.18. The number of aryl methyl sites for hydroxylation is 1. The molecule has 17 heavy (non-hydrogen) atoms. The summed E-state index contributed by atoms with van der Waals surface area (Å²) in [7, 11) is 0. The Labute approximate surface area is 101 Å². The number of nitrogens with zero attached hydrogens (tertiary/aromatic N) is 1. The summed E-state index contributed by atoms with van der Waals surface area (Å²) in [4.78, 5) is 2.37. The predicted molar refractivity (Wildman–Crippen MR) is 65.3 cm³/mol. The molecule has 1 aromatic rings. The Morgan fingerprint density at radius 1 is 1.47 bits per heavy atom. The van der Waals surface area contributed by atoms with Crippen LogP contribution in [0.3, 0.4) is 0 Å². The molecule has 1 N–H and O–H groups in total. The second-order valence-electron chi connectivity index (χ2n) is 4.76. The molecule has 1 atom stereocenters. The Hall–Kier alpha value is -1.29. The van der Waals surface area contributed by atoms with Crippen molar-refractivity contribution in [2.45, 2.75) is 19.4 Å². The Kier molecular flexibility index (Phi) is 2.67. The summed E-state index contributed by atoms with van der Waals surface area (Å²) in [6, 6.07) is 3.56. The van der Waals surface area contributed by atoms with Crippen LogP contribution in [-0.4, -0.2) is 32.3 Å². The van der Waals surface area contributed by atoms with Crippen LogP contribution in [0.15, 0.2) is 12.1 Å². The van der Waals surface area contributed by atoms with Crippen molar-refractivity contribution in [3.05, 3.63) is 23.5 Å². The number of hydrogen-bond acceptors (Lipinski definition) is 3. The quantitative estimate of drug-likeness (QED) is 0.742. The van der Waals surface area contributed by atoms with Crippen LogP contribution >= 0.6 is 0 Å². The van der Waals surface area contributed by atoms with Crippen molar-refractivity contribution in [3.63, 3.8) is 0 Å². The predicted octanol–water partition coefficient (Wildman–Crippen LogP) is 1.69. The summed E-state index contributed by atoms with van der Waals surface area (Å²) in [6.45, 7) is 5.55. The van der Waals surface area contributed by atoms with Gasteiger partial charge in [-0.2, -0.15) is 0 Å². The van der Waals surface area contributed by atoms with Gasteiger partial charge in [0.25, 0.3) is 0 Å². The Bertz CT molecular complexity index is 436. The first-order chi connectivity index (χ1) is 8.25. The molecule has 0 aromatic heterocycles. The van der Waals surface area contributed by atoms with Gasteiger partial charge >= 0.3 is 0 Å². The van der Waals surface area contributed by atoms with Crippen LogP contribution in [0.2, 0.25) is 0 Å². The zero-order valence-corrected chi connectivity index (χ0v) is 10.0. The smallest absolute Gasteiger partial charge is 0.145 e. The third kappa shape index (κ3) is 1.86. The summed E-state index contributed by atoms with van der Waals surface area (Å²) in [6.07, 6.45) is 0.989. The van der Waals surface area contributed by atoms with Gasteiger partial charge in [0.15, 0.2) is 0 Å². The molecular formula is C13H17FN2O. The number of hydrogen-bond donors (Lipinski definition) is 1. The minimum atomic E-state index is -0.213. The second-order valence-corrected chi connectivity index (χ2v) is 4.76. The average Bonchev–Trinajstić information content (AvgIpc) is 2.47. The van der Waals surface area contributed by atoms with Crippen molar-refractivity contribution < 1.29 is 9.13 Å². The lowest BCUT2D eigenvalue weighted by molar-refractivity contribution is 0.302. The van der Waals surface area contributed by atoms with Crippen LogP contribution in [0.25, 0.3) is 0 Å². The highest BCUT2D eigenvalue weighted by Crippen LogP contribution is 2.37. The lowest BCUT2D eigenvalue weighted by Gasteiger charge is -2.37. The third-order valence-corrected chi connectivity index (χ3v) is 3.58. The van der Waals surface area contributed by atoms with Crippen LogP contribution in [0.1, 0.15) is 12.0 Å². The monoisotopic (exact) mass is 236 g/mol. The highest BCUT2D eigenvalue weighted by molar-refractivity contribution is 5.65. The van der Waals surface area contributed by atoms with Crippen LogP contribution in [0.5, 0.6) is 5.75 Å². The standard InChI is InChI=1S/C13H17FN2O/c1-9-6-10(14)7-12-13(9)16-4-3-15-8-11(16)2-5-17-12/h6-7,11,15H,2-5,8H2,1H3/t11-/m0/s1. The number of fused-ring (bicyclic) bond motifs is 3. The molecule has 0 saturated carbocycles. The summed E-state index contributed by atoms with van der Waals surface area (Å²) < 4.78 is 19.1. The first-order valence-corrected chi connectivity index (χ1v) is 6.16. The molecule has 0 radical (unpaired) electrons. The van der Waals surface area contributed by atoms with Crippen molar-refractivity contribution in [1.82, 2.24) is 5.32 Å². The summed E-state index contributed by atoms with van der Waals surface area (Å²) in [5.41, 5.74) is 2.05. The molecule has 4 heteroatoms. The molecule has 1 fully saturated rings. The molecule has 0 unspecified atom stereocenters. The maximum atomic E-state index is 13.4. The van der Waals surface area contributed by atoms with E-state index < -0.39 is 0 Å². The van der Waals surface area contributed by atoms with E-state index in [9.17, 15) is 4.39 Å². The highest BCUT2D eigenvalue weighted by atomic mass is 19.1. The Morgan fingerprint density at radius 3 is 3.24 bits per heavy atom. The van der Waals surface area contributed by atoms with E-state index in [4.69, 9.17) is 4.74 Å². The topological polar surface area (TPSA) is 24.5 Å². The van der Waals surface area contributed by atoms with Crippen molar-refractivity contribution in [2.75, 3.05) is 31.1 Å². The molecule has 0 bridgehead atoms. The molecule has 1 aromatic carbocycles. The van der Waals surface area contributed by atoms with Gasteiger partial charge < -0.3 is 15.0 Å². The number of piperazine rings is 1. The van der Waals surface area contributed by atoms with Crippen LogP contribution < -0.4 is 15.0 Å². The van der Waals surface area contributed by atoms with Gasteiger partial charge in [0.2, 0.25) is 0 Å². The molecule has 1 saturated heterocycles. The van der Waals surface area contributed by atoms with Crippen LogP contribution in [0.4, 0.5) is 10.1 Å². The van der Waals surface area contributed by atoms with Gasteiger partial charge in [0, 0.05) is 38.2 Å². The van der Waals surface area contributed by atoms with Gasteiger partial charge in [-0.05, 0) is 18.6 Å².